The molecule has 1 rings (SSSR count). The zero-order valence-electron chi connectivity index (χ0n) is 9.27. The topological polar surface area (TPSA) is 52.5 Å². The number of para-hydroxylation sites is 1. The van der Waals surface area contributed by atoms with Gasteiger partial charge in [-0.3, -0.25) is 0 Å². The van der Waals surface area contributed by atoms with E-state index in [0.29, 0.717) is 5.75 Å². The molecular formula is C12H19NO2. The van der Waals surface area contributed by atoms with E-state index in [-0.39, 0.29) is 12.1 Å². The molecule has 3 heteroatoms. The van der Waals surface area contributed by atoms with Crippen LogP contribution < -0.4 is 5.32 Å². The van der Waals surface area contributed by atoms with Gasteiger partial charge < -0.3 is 15.5 Å². The van der Waals surface area contributed by atoms with Crippen molar-refractivity contribution in [3.8, 4) is 5.75 Å². The molecule has 15 heavy (non-hydrogen) atoms. The smallest absolute Gasteiger partial charge is 0.120 e. The van der Waals surface area contributed by atoms with Crippen molar-refractivity contribution in [2.75, 3.05) is 6.54 Å². The minimum atomic E-state index is -0.283. The molecule has 0 fully saturated rings. The molecule has 0 amide bonds. The molecule has 1 aromatic carbocycles. The number of phenols is 1. The number of hydrogen-bond acceptors (Lipinski definition) is 3. The third kappa shape index (κ3) is 3.90. The van der Waals surface area contributed by atoms with Gasteiger partial charge in [0.25, 0.3) is 0 Å². The van der Waals surface area contributed by atoms with Gasteiger partial charge in [-0.25, -0.2) is 0 Å². The summed E-state index contributed by atoms with van der Waals surface area (Å²) in [5.41, 5.74) is 0.892. The Morgan fingerprint density at radius 3 is 2.53 bits per heavy atom. The maximum absolute atomic E-state index is 9.60. The molecule has 84 valence electrons. The standard InChI is InChI=1S/C12H19NO2/c1-9(14)7-8-13-10(2)11-5-3-4-6-12(11)15/h3-6,9-10,13-15H,7-8H2,1-2H3. The second-order valence-corrected chi connectivity index (χ2v) is 3.87. The summed E-state index contributed by atoms with van der Waals surface area (Å²) in [5.74, 6) is 0.314. The zero-order chi connectivity index (χ0) is 11.3. The fraction of sp³-hybridized carbons (Fsp3) is 0.500. The number of phenolic OH excluding ortho intramolecular Hbond substituents is 1. The molecule has 2 unspecified atom stereocenters. The third-order valence-electron chi connectivity index (χ3n) is 2.42. The lowest BCUT2D eigenvalue weighted by molar-refractivity contribution is 0.182. The zero-order valence-corrected chi connectivity index (χ0v) is 9.27. The fourth-order valence-corrected chi connectivity index (χ4v) is 1.47. The van der Waals surface area contributed by atoms with E-state index in [1.807, 2.05) is 19.1 Å². The van der Waals surface area contributed by atoms with Gasteiger partial charge in [0.1, 0.15) is 5.75 Å². The van der Waals surface area contributed by atoms with Crippen LogP contribution in [-0.4, -0.2) is 22.9 Å². The molecule has 0 radical (unpaired) electrons. The van der Waals surface area contributed by atoms with E-state index in [4.69, 9.17) is 5.11 Å². The molecule has 0 spiro atoms. The van der Waals surface area contributed by atoms with Gasteiger partial charge in [-0.2, -0.15) is 0 Å². The summed E-state index contributed by atoms with van der Waals surface area (Å²) in [4.78, 5) is 0. The lowest BCUT2D eigenvalue weighted by atomic mass is 10.1. The van der Waals surface area contributed by atoms with E-state index in [1.54, 1.807) is 19.1 Å². The van der Waals surface area contributed by atoms with E-state index in [9.17, 15) is 5.11 Å². The van der Waals surface area contributed by atoms with Gasteiger partial charge in [0.15, 0.2) is 0 Å². The quantitative estimate of drug-likeness (QED) is 0.693. The summed E-state index contributed by atoms with van der Waals surface area (Å²) in [6.45, 7) is 4.51. The molecule has 2 atom stereocenters. The monoisotopic (exact) mass is 209 g/mol. The van der Waals surface area contributed by atoms with Gasteiger partial charge >= 0.3 is 0 Å². The Morgan fingerprint density at radius 1 is 1.27 bits per heavy atom. The van der Waals surface area contributed by atoms with E-state index >= 15 is 0 Å². The molecule has 0 aromatic heterocycles. The van der Waals surface area contributed by atoms with E-state index in [0.717, 1.165) is 18.5 Å². The molecule has 3 N–H and O–H groups in total. The highest BCUT2D eigenvalue weighted by molar-refractivity contribution is 5.33. The Labute approximate surface area is 90.8 Å². The van der Waals surface area contributed by atoms with Crippen LogP contribution in [0.25, 0.3) is 0 Å². The average Bonchev–Trinajstić information content (AvgIpc) is 2.17. The van der Waals surface area contributed by atoms with Crippen molar-refractivity contribution in [2.45, 2.75) is 32.4 Å². The van der Waals surface area contributed by atoms with Crippen molar-refractivity contribution in [3.63, 3.8) is 0 Å². The number of nitrogens with one attached hydrogen (secondary N) is 1. The molecular weight excluding hydrogens is 190 g/mol. The molecule has 0 bridgehead atoms. The minimum absolute atomic E-state index is 0.102. The molecule has 0 saturated carbocycles. The predicted octanol–water partition coefficient (Wildman–Crippen LogP) is 1.81. The van der Waals surface area contributed by atoms with Crippen LogP contribution in [0, 0.1) is 0 Å². The number of aromatic hydroxyl groups is 1. The molecule has 0 heterocycles. The molecule has 0 aliphatic carbocycles. The van der Waals surface area contributed by atoms with E-state index < -0.39 is 0 Å². The first-order chi connectivity index (χ1) is 7.11. The van der Waals surface area contributed by atoms with Crippen LogP contribution >= 0.6 is 0 Å². The summed E-state index contributed by atoms with van der Waals surface area (Å²) >= 11 is 0. The molecule has 0 aliphatic heterocycles. The normalized spacial score (nSPS) is 14.9. The Balaban J connectivity index is 2.47. The summed E-state index contributed by atoms with van der Waals surface area (Å²) in [6, 6.07) is 7.39. The Kier molecular flexibility index (Phi) is 4.59. The summed E-state index contributed by atoms with van der Waals surface area (Å²) < 4.78 is 0. The van der Waals surface area contributed by atoms with Gasteiger partial charge in [0, 0.05) is 11.6 Å². The van der Waals surface area contributed by atoms with Crippen LogP contribution in [-0.2, 0) is 0 Å². The average molecular weight is 209 g/mol. The number of benzene rings is 1. The highest BCUT2D eigenvalue weighted by Crippen LogP contribution is 2.22. The van der Waals surface area contributed by atoms with Crippen molar-refractivity contribution < 1.29 is 10.2 Å². The van der Waals surface area contributed by atoms with Crippen LogP contribution in [0.3, 0.4) is 0 Å². The third-order valence-corrected chi connectivity index (χ3v) is 2.42. The Hall–Kier alpha value is -1.06. The second-order valence-electron chi connectivity index (χ2n) is 3.87. The Morgan fingerprint density at radius 2 is 1.93 bits per heavy atom. The molecule has 0 aliphatic rings. The van der Waals surface area contributed by atoms with Crippen LogP contribution in [0.15, 0.2) is 24.3 Å². The Bertz CT molecular complexity index is 299. The SMILES string of the molecule is CC(O)CCNC(C)c1ccccc1O. The highest BCUT2D eigenvalue weighted by atomic mass is 16.3. The van der Waals surface area contributed by atoms with Gasteiger partial charge in [-0.15, -0.1) is 0 Å². The number of rotatable bonds is 5. The first kappa shape index (κ1) is 12.0. The number of hydrogen-bond donors (Lipinski definition) is 3. The maximum Gasteiger partial charge on any atom is 0.120 e. The van der Waals surface area contributed by atoms with Crippen molar-refractivity contribution >= 4 is 0 Å². The van der Waals surface area contributed by atoms with Crippen LogP contribution in [0.4, 0.5) is 0 Å². The number of aliphatic hydroxyl groups is 1. The molecule has 3 nitrogen and oxygen atoms in total. The summed E-state index contributed by atoms with van der Waals surface area (Å²) in [7, 11) is 0. The lowest BCUT2D eigenvalue weighted by Crippen LogP contribution is -2.22. The summed E-state index contributed by atoms with van der Waals surface area (Å²) in [6.07, 6.45) is 0.437. The lowest BCUT2D eigenvalue weighted by Gasteiger charge is -2.15. The van der Waals surface area contributed by atoms with E-state index in [1.165, 1.54) is 0 Å². The second kappa shape index (κ2) is 5.73. The number of aliphatic hydroxyl groups excluding tert-OH is 1. The van der Waals surface area contributed by atoms with E-state index in [2.05, 4.69) is 5.32 Å². The maximum atomic E-state index is 9.60. The van der Waals surface area contributed by atoms with Crippen molar-refractivity contribution in [2.24, 2.45) is 0 Å². The van der Waals surface area contributed by atoms with Crippen molar-refractivity contribution in [1.29, 1.82) is 0 Å². The van der Waals surface area contributed by atoms with Crippen LogP contribution in [0.1, 0.15) is 31.9 Å². The highest BCUT2D eigenvalue weighted by Gasteiger charge is 2.08. The van der Waals surface area contributed by atoms with Crippen molar-refractivity contribution in [1.82, 2.24) is 5.32 Å². The van der Waals surface area contributed by atoms with Gasteiger partial charge in [-0.05, 0) is 32.9 Å². The van der Waals surface area contributed by atoms with Gasteiger partial charge in [0.2, 0.25) is 0 Å². The minimum Gasteiger partial charge on any atom is -0.508 e. The van der Waals surface area contributed by atoms with Gasteiger partial charge in [-0.1, -0.05) is 18.2 Å². The van der Waals surface area contributed by atoms with Crippen LogP contribution in [0.2, 0.25) is 0 Å². The van der Waals surface area contributed by atoms with Crippen molar-refractivity contribution in [3.05, 3.63) is 29.8 Å². The molecule has 1 aromatic rings. The van der Waals surface area contributed by atoms with Crippen LogP contribution in [0.5, 0.6) is 5.75 Å². The fourth-order valence-electron chi connectivity index (χ4n) is 1.47. The predicted molar refractivity (Wildman–Crippen MR) is 60.8 cm³/mol. The summed E-state index contributed by atoms with van der Waals surface area (Å²) in [5, 5.41) is 22.0. The first-order valence-corrected chi connectivity index (χ1v) is 5.30. The largest absolute Gasteiger partial charge is 0.508 e. The molecule has 0 saturated heterocycles. The first-order valence-electron chi connectivity index (χ1n) is 5.30. The van der Waals surface area contributed by atoms with Gasteiger partial charge in [0.05, 0.1) is 6.10 Å².